The lowest BCUT2D eigenvalue weighted by atomic mass is 10.2. The summed E-state index contributed by atoms with van der Waals surface area (Å²) >= 11 is 0.847. The Morgan fingerprint density at radius 3 is 2.45 bits per heavy atom. The van der Waals surface area contributed by atoms with Crippen LogP contribution in [0.2, 0.25) is 0 Å². The van der Waals surface area contributed by atoms with E-state index in [1.807, 2.05) is 0 Å². The van der Waals surface area contributed by atoms with Gasteiger partial charge < -0.3 is 20.7 Å². The highest BCUT2D eigenvalue weighted by Crippen LogP contribution is 2.31. The summed E-state index contributed by atoms with van der Waals surface area (Å²) in [6, 6.07) is 3.37. The molecule has 3 aromatic rings. The first kappa shape index (κ1) is 28.5. The molecule has 0 aliphatic heterocycles. The Balaban J connectivity index is 1.63. The molecule has 2 aromatic heterocycles. The lowest BCUT2D eigenvalue weighted by molar-refractivity contribution is -0.173. The molecule has 2 amide bonds. The van der Waals surface area contributed by atoms with Crippen LogP contribution in [0.3, 0.4) is 0 Å². The standard InChI is InChI=1S/C21H17F7N6O3S/c1-10-16(18(38-34-10)33-15-9-30-14(8-31-15)20(23,24)25)17(35)32-11-3-4-12(22)13(7-11)37-6-2-5-29-19(36)21(26,27)28/h3-4,7-9H,2,5-6H2,1H3,(H,29,36)(H,31,33)(H,32,35). The van der Waals surface area contributed by atoms with Gasteiger partial charge in [0.2, 0.25) is 0 Å². The zero-order valence-electron chi connectivity index (χ0n) is 19.1. The Morgan fingerprint density at radius 1 is 1.08 bits per heavy atom. The fourth-order valence-electron chi connectivity index (χ4n) is 2.82. The molecule has 2 heterocycles. The lowest BCUT2D eigenvalue weighted by Crippen LogP contribution is -2.37. The van der Waals surface area contributed by atoms with Crippen LogP contribution in [0, 0.1) is 12.7 Å². The van der Waals surface area contributed by atoms with Crippen LogP contribution in [0.4, 0.5) is 47.2 Å². The van der Waals surface area contributed by atoms with Crippen molar-refractivity contribution in [1.29, 1.82) is 0 Å². The number of anilines is 3. The molecule has 9 nitrogen and oxygen atoms in total. The molecule has 38 heavy (non-hydrogen) atoms. The summed E-state index contributed by atoms with van der Waals surface area (Å²) in [6.45, 7) is 0.925. The van der Waals surface area contributed by atoms with Crippen molar-refractivity contribution in [1.82, 2.24) is 19.7 Å². The maximum Gasteiger partial charge on any atom is 0.471 e. The van der Waals surface area contributed by atoms with E-state index in [4.69, 9.17) is 4.74 Å². The molecule has 0 bridgehead atoms. The largest absolute Gasteiger partial charge is 0.490 e. The molecule has 204 valence electrons. The first-order chi connectivity index (χ1) is 17.8. The number of aromatic nitrogens is 3. The van der Waals surface area contributed by atoms with Crippen molar-refractivity contribution in [3.8, 4) is 5.75 Å². The number of aryl methyl sites for hydroxylation is 1. The van der Waals surface area contributed by atoms with Crippen LogP contribution in [0.15, 0.2) is 30.6 Å². The van der Waals surface area contributed by atoms with Gasteiger partial charge in [-0.3, -0.25) is 9.59 Å². The molecular weight excluding hydrogens is 549 g/mol. The Bertz CT molecular complexity index is 1300. The second kappa shape index (κ2) is 11.6. The van der Waals surface area contributed by atoms with Crippen LogP contribution in [0.5, 0.6) is 5.75 Å². The predicted octanol–water partition coefficient (Wildman–Crippen LogP) is 4.84. The average molecular weight is 566 g/mol. The fraction of sp³-hybridized carbons (Fsp3) is 0.286. The number of carbonyl (C=O) groups excluding carboxylic acids is 2. The number of nitrogens with one attached hydrogen (secondary N) is 3. The molecule has 17 heteroatoms. The van der Waals surface area contributed by atoms with E-state index in [1.165, 1.54) is 13.0 Å². The zero-order valence-corrected chi connectivity index (χ0v) is 19.9. The summed E-state index contributed by atoms with van der Waals surface area (Å²) in [4.78, 5) is 30.6. The normalized spacial score (nSPS) is 11.7. The number of alkyl halides is 6. The third-order valence-corrected chi connectivity index (χ3v) is 5.44. The van der Waals surface area contributed by atoms with Gasteiger partial charge in [-0.15, -0.1) is 0 Å². The van der Waals surface area contributed by atoms with Gasteiger partial charge in [-0.2, -0.15) is 30.7 Å². The van der Waals surface area contributed by atoms with Crippen LogP contribution < -0.4 is 20.7 Å². The smallest absolute Gasteiger partial charge is 0.471 e. The molecule has 0 spiro atoms. The summed E-state index contributed by atoms with van der Waals surface area (Å²) in [5.41, 5.74) is -0.761. The van der Waals surface area contributed by atoms with Crippen molar-refractivity contribution < 1.29 is 45.1 Å². The molecule has 1 aromatic carbocycles. The Hall–Kier alpha value is -4.02. The third-order valence-electron chi connectivity index (χ3n) is 4.58. The van der Waals surface area contributed by atoms with E-state index in [9.17, 15) is 40.3 Å². The fourth-order valence-corrected chi connectivity index (χ4v) is 3.62. The summed E-state index contributed by atoms with van der Waals surface area (Å²) in [6.07, 6.45) is -8.37. The first-order valence-electron chi connectivity index (χ1n) is 10.5. The predicted molar refractivity (Wildman–Crippen MR) is 121 cm³/mol. The highest BCUT2D eigenvalue weighted by Gasteiger charge is 2.38. The Morgan fingerprint density at radius 2 is 1.82 bits per heavy atom. The number of hydrogen-bond donors (Lipinski definition) is 3. The summed E-state index contributed by atoms with van der Waals surface area (Å²) in [5.74, 6) is -3.97. The van der Waals surface area contributed by atoms with Gasteiger partial charge in [0.25, 0.3) is 5.91 Å². The van der Waals surface area contributed by atoms with E-state index in [0.717, 1.165) is 29.9 Å². The molecule has 0 aliphatic carbocycles. The number of ether oxygens (including phenoxy) is 1. The van der Waals surface area contributed by atoms with Crippen LogP contribution >= 0.6 is 11.5 Å². The highest BCUT2D eigenvalue weighted by atomic mass is 32.1. The van der Waals surface area contributed by atoms with Crippen LogP contribution in [0.25, 0.3) is 0 Å². The molecule has 0 radical (unpaired) electrons. The number of rotatable bonds is 9. The third kappa shape index (κ3) is 7.50. The number of carbonyl (C=O) groups is 2. The maximum absolute atomic E-state index is 14.1. The van der Waals surface area contributed by atoms with Crippen LogP contribution in [-0.2, 0) is 11.0 Å². The first-order valence-corrected chi connectivity index (χ1v) is 11.2. The second-order valence-corrected chi connectivity index (χ2v) is 8.21. The van der Waals surface area contributed by atoms with Crippen LogP contribution in [-0.4, -0.2) is 45.5 Å². The van der Waals surface area contributed by atoms with Gasteiger partial charge in [0.1, 0.15) is 10.8 Å². The van der Waals surface area contributed by atoms with E-state index in [1.54, 1.807) is 5.32 Å². The number of halogens is 7. The summed E-state index contributed by atoms with van der Waals surface area (Å²) < 4.78 is 97.9. The number of nitrogens with zero attached hydrogens (tertiary/aromatic N) is 3. The van der Waals surface area contributed by atoms with Crippen molar-refractivity contribution >= 4 is 39.9 Å². The van der Waals surface area contributed by atoms with E-state index < -0.39 is 35.7 Å². The van der Waals surface area contributed by atoms with E-state index >= 15 is 0 Å². The van der Waals surface area contributed by atoms with Crippen molar-refractivity contribution in [3.63, 3.8) is 0 Å². The molecule has 0 unspecified atom stereocenters. The molecular formula is C21H17F7N6O3S. The highest BCUT2D eigenvalue weighted by molar-refractivity contribution is 7.10. The van der Waals surface area contributed by atoms with Gasteiger partial charge in [0.15, 0.2) is 17.3 Å². The number of hydrogen-bond acceptors (Lipinski definition) is 8. The van der Waals surface area contributed by atoms with Gasteiger partial charge in [-0.05, 0) is 37.0 Å². The monoisotopic (exact) mass is 566 g/mol. The van der Waals surface area contributed by atoms with Crippen molar-refractivity contribution in [2.24, 2.45) is 0 Å². The van der Waals surface area contributed by atoms with Gasteiger partial charge in [0.05, 0.1) is 30.3 Å². The maximum atomic E-state index is 14.1. The SMILES string of the molecule is Cc1nsc(Nc2cnc(C(F)(F)F)cn2)c1C(=O)Nc1ccc(F)c(OCCCNC(=O)C(F)(F)F)c1. The Labute approximate surface area is 213 Å². The van der Waals surface area contributed by atoms with Crippen molar-refractivity contribution in [3.05, 3.63) is 53.4 Å². The van der Waals surface area contributed by atoms with E-state index in [2.05, 4.69) is 25.0 Å². The quantitative estimate of drug-likeness (QED) is 0.251. The molecule has 3 N–H and O–H groups in total. The Kier molecular flexibility index (Phi) is 8.70. The van der Waals surface area contributed by atoms with Crippen molar-refractivity contribution in [2.75, 3.05) is 23.8 Å². The molecule has 0 saturated carbocycles. The number of amides is 2. The van der Waals surface area contributed by atoms with E-state index in [0.29, 0.717) is 6.20 Å². The second-order valence-electron chi connectivity index (χ2n) is 7.44. The minimum atomic E-state index is -5.02. The summed E-state index contributed by atoms with van der Waals surface area (Å²) in [7, 11) is 0. The van der Waals surface area contributed by atoms with Gasteiger partial charge in [0, 0.05) is 18.3 Å². The molecule has 0 aliphatic rings. The minimum Gasteiger partial charge on any atom is -0.490 e. The van der Waals surface area contributed by atoms with Gasteiger partial charge in [-0.25, -0.2) is 14.4 Å². The lowest BCUT2D eigenvalue weighted by Gasteiger charge is -2.12. The zero-order chi connectivity index (χ0) is 28.1. The van der Waals surface area contributed by atoms with E-state index in [-0.39, 0.29) is 53.1 Å². The summed E-state index contributed by atoms with van der Waals surface area (Å²) in [5, 5.41) is 7.01. The van der Waals surface area contributed by atoms with Gasteiger partial charge >= 0.3 is 18.3 Å². The molecule has 0 atom stereocenters. The topological polar surface area (TPSA) is 118 Å². The van der Waals surface area contributed by atoms with Crippen LogP contribution in [0.1, 0.15) is 28.2 Å². The minimum absolute atomic E-state index is 0.0453. The number of benzene rings is 1. The molecule has 0 saturated heterocycles. The molecule has 0 fully saturated rings. The van der Waals surface area contributed by atoms with Crippen molar-refractivity contribution in [2.45, 2.75) is 25.7 Å². The molecule has 3 rings (SSSR count). The van der Waals surface area contributed by atoms with Gasteiger partial charge in [-0.1, -0.05) is 0 Å². The average Bonchev–Trinajstić information content (AvgIpc) is 3.19.